The molecule has 0 radical (unpaired) electrons. The van der Waals surface area contributed by atoms with Gasteiger partial charge in [-0.1, -0.05) is 19.1 Å². The zero-order valence-corrected chi connectivity index (χ0v) is 10.8. The molecule has 0 spiro atoms. The van der Waals surface area contributed by atoms with Crippen LogP contribution in [0.5, 0.6) is 0 Å². The molecular weight excluding hydrogens is 256 g/mol. The van der Waals surface area contributed by atoms with Crippen molar-refractivity contribution in [2.75, 3.05) is 24.2 Å². The number of carbonyl (C=O) groups is 1. The molecule has 0 aliphatic carbocycles. The molecule has 0 unspecified atom stereocenters. The second-order valence-electron chi connectivity index (χ2n) is 3.59. The predicted molar refractivity (Wildman–Crippen MR) is 69.4 cm³/mol. The van der Waals surface area contributed by atoms with E-state index in [0.29, 0.717) is 12.2 Å². The van der Waals surface area contributed by atoms with Crippen LogP contribution in [0.3, 0.4) is 0 Å². The Hall–Kier alpha value is -1.60. The van der Waals surface area contributed by atoms with Gasteiger partial charge in [-0.15, -0.1) is 0 Å². The molecule has 1 aromatic carbocycles. The van der Waals surface area contributed by atoms with Crippen LogP contribution in [0.2, 0.25) is 0 Å². The normalized spacial score (nSPS) is 11.2. The van der Waals surface area contributed by atoms with Gasteiger partial charge in [0, 0.05) is 18.8 Å². The first kappa shape index (κ1) is 14.5. The molecule has 0 aromatic heterocycles. The lowest BCUT2D eigenvalue weighted by molar-refractivity contribution is 0.0698. The number of aromatic carboxylic acids is 1. The van der Waals surface area contributed by atoms with Crippen molar-refractivity contribution in [3.8, 4) is 0 Å². The second kappa shape index (κ2) is 6.36. The third-order valence-electron chi connectivity index (χ3n) is 2.21. The first-order chi connectivity index (χ1) is 8.46. The van der Waals surface area contributed by atoms with Crippen molar-refractivity contribution in [3.05, 3.63) is 29.8 Å². The van der Waals surface area contributed by atoms with E-state index in [1.807, 2.05) is 0 Å². The summed E-state index contributed by atoms with van der Waals surface area (Å²) in [5.74, 6) is -1.15. The van der Waals surface area contributed by atoms with Crippen molar-refractivity contribution in [1.29, 1.82) is 0 Å². The molecule has 0 atom stereocenters. The van der Waals surface area contributed by atoms with E-state index >= 15 is 0 Å². The van der Waals surface area contributed by atoms with E-state index in [2.05, 4.69) is 10.0 Å². The van der Waals surface area contributed by atoms with Crippen molar-refractivity contribution < 1.29 is 18.3 Å². The average molecular weight is 272 g/mol. The number of carboxylic acid groups (broad SMARTS) is 1. The Labute approximate surface area is 106 Å². The van der Waals surface area contributed by atoms with Crippen LogP contribution in [0.1, 0.15) is 17.3 Å². The van der Waals surface area contributed by atoms with E-state index in [0.717, 1.165) is 0 Å². The molecule has 3 N–H and O–H groups in total. The van der Waals surface area contributed by atoms with Gasteiger partial charge in [0.25, 0.3) is 0 Å². The van der Waals surface area contributed by atoms with Gasteiger partial charge in [0.15, 0.2) is 0 Å². The quantitative estimate of drug-likeness (QED) is 0.680. The SMILES string of the molecule is CCNS(=O)(=O)CCNc1ccccc1C(=O)O. The minimum Gasteiger partial charge on any atom is -0.478 e. The molecule has 0 heterocycles. The van der Waals surface area contributed by atoms with Crippen molar-refractivity contribution in [3.63, 3.8) is 0 Å². The molecule has 1 aromatic rings. The summed E-state index contributed by atoms with van der Waals surface area (Å²) in [6.07, 6.45) is 0. The number of benzene rings is 1. The number of anilines is 1. The minimum absolute atomic E-state index is 0.102. The maximum absolute atomic E-state index is 11.4. The smallest absolute Gasteiger partial charge is 0.337 e. The van der Waals surface area contributed by atoms with Crippen LogP contribution < -0.4 is 10.0 Å². The highest BCUT2D eigenvalue weighted by atomic mass is 32.2. The molecule has 0 saturated heterocycles. The highest BCUT2D eigenvalue weighted by molar-refractivity contribution is 7.89. The monoisotopic (exact) mass is 272 g/mol. The Bertz CT molecular complexity index is 514. The number of nitrogens with one attached hydrogen (secondary N) is 2. The van der Waals surface area contributed by atoms with Gasteiger partial charge in [0.05, 0.1) is 11.3 Å². The highest BCUT2D eigenvalue weighted by Gasteiger charge is 2.11. The van der Waals surface area contributed by atoms with Crippen molar-refractivity contribution >= 4 is 21.7 Å². The molecule has 0 aliphatic rings. The highest BCUT2D eigenvalue weighted by Crippen LogP contribution is 2.14. The van der Waals surface area contributed by atoms with Crippen molar-refractivity contribution in [2.24, 2.45) is 0 Å². The molecule has 100 valence electrons. The van der Waals surface area contributed by atoms with Crippen LogP contribution in [0.15, 0.2) is 24.3 Å². The minimum atomic E-state index is -3.29. The van der Waals surface area contributed by atoms with Crippen LogP contribution in [0, 0.1) is 0 Å². The van der Waals surface area contributed by atoms with Gasteiger partial charge in [-0.05, 0) is 12.1 Å². The summed E-state index contributed by atoms with van der Waals surface area (Å²) in [7, 11) is -3.29. The van der Waals surface area contributed by atoms with Crippen LogP contribution >= 0.6 is 0 Å². The lowest BCUT2D eigenvalue weighted by Crippen LogP contribution is -2.29. The average Bonchev–Trinajstić information content (AvgIpc) is 2.29. The van der Waals surface area contributed by atoms with E-state index in [-0.39, 0.29) is 17.9 Å². The first-order valence-electron chi connectivity index (χ1n) is 5.50. The number of sulfonamides is 1. The molecule has 18 heavy (non-hydrogen) atoms. The Balaban J connectivity index is 2.62. The standard InChI is InChI=1S/C11H16N2O4S/c1-2-13-18(16,17)8-7-12-10-6-4-3-5-9(10)11(14)15/h3-6,12-13H,2,7-8H2,1H3,(H,14,15). The molecule has 0 fully saturated rings. The maximum atomic E-state index is 11.4. The van der Waals surface area contributed by atoms with Crippen molar-refractivity contribution in [1.82, 2.24) is 4.72 Å². The summed E-state index contributed by atoms with van der Waals surface area (Å²) in [5, 5.41) is 11.7. The molecular formula is C11H16N2O4S. The Morgan fingerprint density at radius 1 is 1.33 bits per heavy atom. The van der Waals surface area contributed by atoms with E-state index in [9.17, 15) is 13.2 Å². The summed E-state index contributed by atoms with van der Waals surface area (Å²) in [4.78, 5) is 10.9. The zero-order chi connectivity index (χ0) is 13.6. The third kappa shape index (κ3) is 4.34. The first-order valence-corrected chi connectivity index (χ1v) is 7.15. The fraction of sp³-hybridized carbons (Fsp3) is 0.364. The van der Waals surface area contributed by atoms with Gasteiger partial charge in [-0.3, -0.25) is 0 Å². The summed E-state index contributed by atoms with van der Waals surface area (Å²) < 4.78 is 25.1. The number of hydrogen-bond acceptors (Lipinski definition) is 4. The van der Waals surface area contributed by atoms with Crippen LogP contribution in [0.25, 0.3) is 0 Å². The lowest BCUT2D eigenvalue weighted by Gasteiger charge is -2.09. The second-order valence-corrected chi connectivity index (χ2v) is 5.52. The van der Waals surface area contributed by atoms with Crippen molar-refractivity contribution in [2.45, 2.75) is 6.92 Å². The van der Waals surface area contributed by atoms with E-state index in [1.54, 1.807) is 25.1 Å². The molecule has 0 saturated carbocycles. The van der Waals surface area contributed by atoms with Gasteiger partial charge >= 0.3 is 5.97 Å². The Kier molecular flexibility index (Phi) is 5.11. The number of para-hydroxylation sites is 1. The summed E-state index contributed by atoms with van der Waals surface area (Å²) >= 11 is 0. The van der Waals surface area contributed by atoms with Gasteiger partial charge < -0.3 is 10.4 Å². The van der Waals surface area contributed by atoms with Gasteiger partial charge in [0.2, 0.25) is 10.0 Å². The Morgan fingerprint density at radius 2 is 2.00 bits per heavy atom. The maximum Gasteiger partial charge on any atom is 0.337 e. The summed E-state index contributed by atoms with van der Waals surface area (Å²) in [5.41, 5.74) is 0.537. The van der Waals surface area contributed by atoms with Crippen LogP contribution in [-0.4, -0.2) is 38.3 Å². The van der Waals surface area contributed by atoms with Gasteiger partial charge in [-0.25, -0.2) is 17.9 Å². The lowest BCUT2D eigenvalue weighted by atomic mass is 10.2. The molecule has 7 heteroatoms. The molecule has 0 aliphatic heterocycles. The Morgan fingerprint density at radius 3 is 2.61 bits per heavy atom. The van der Waals surface area contributed by atoms with Crippen LogP contribution in [-0.2, 0) is 10.0 Å². The van der Waals surface area contributed by atoms with Gasteiger partial charge in [-0.2, -0.15) is 0 Å². The fourth-order valence-electron chi connectivity index (χ4n) is 1.44. The summed E-state index contributed by atoms with van der Waals surface area (Å²) in [6.45, 7) is 2.19. The van der Waals surface area contributed by atoms with E-state index in [1.165, 1.54) is 6.07 Å². The van der Waals surface area contributed by atoms with Gasteiger partial charge in [0.1, 0.15) is 0 Å². The summed E-state index contributed by atoms with van der Waals surface area (Å²) in [6, 6.07) is 6.37. The topological polar surface area (TPSA) is 95.5 Å². The number of carboxylic acids is 1. The largest absolute Gasteiger partial charge is 0.478 e. The predicted octanol–water partition coefficient (Wildman–Crippen LogP) is 0.736. The third-order valence-corrected chi connectivity index (χ3v) is 3.68. The molecule has 6 nitrogen and oxygen atoms in total. The fourth-order valence-corrected chi connectivity index (χ4v) is 2.39. The number of rotatable bonds is 7. The number of hydrogen-bond donors (Lipinski definition) is 3. The molecule has 0 bridgehead atoms. The zero-order valence-electron chi connectivity index (χ0n) is 10.0. The van der Waals surface area contributed by atoms with Crippen LogP contribution in [0.4, 0.5) is 5.69 Å². The van der Waals surface area contributed by atoms with E-state index in [4.69, 9.17) is 5.11 Å². The molecule has 0 amide bonds. The van der Waals surface area contributed by atoms with E-state index < -0.39 is 16.0 Å². The molecule has 1 rings (SSSR count).